The molecule has 0 N–H and O–H groups in total. The predicted molar refractivity (Wildman–Crippen MR) is 57.6 cm³/mol. The zero-order valence-corrected chi connectivity index (χ0v) is 7.96. The molecule has 74 valence electrons. The smallest absolute Gasteiger partial charge is 0.308 e. The molecule has 1 atom stereocenters. The Balaban J connectivity index is 2.02. The maximum atomic E-state index is 5.75. The Hall–Kier alpha value is -2.03. The molecule has 0 amide bonds. The zero-order valence-electron chi connectivity index (χ0n) is 7.96. The van der Waals surface area contributed by atoms with Gasteiger partial charge in [-0.1, -0.05) is 18.2 Å². The summed E-state index contributed by atoms with van der Waals surface area (Å²) in [6, 6.07) is 7.81. The standard InChI is InChI=1S/C12H9NO2/c1-2-4-11-10(3-1)5-6-12(15-11)9-13-7-8-14-12/h1-9H/t12-/m1/s1. The fourth-order valence-corrected chi connectivity index (χ4v) is 1.60. The Morgan fingerprint density at radius 1 is 1.20 bits per heavy atom. The van der Waals surface area contributed by atoms with Crippen LogP contribution in [0.4, 0.5) is 0 Å². The third-order valence-corrected chi connectivity index (χ3v) is 2.34. The normalized spacial score (nSPS) is 25.9. The van der Waals surface area contributed by atoms with Crippen LogP contribution in [0.2, 0.25) is 0 Å². The number of hydrogen-bond donors (Lipinski definition) is 0. The van der Waals surface area contributed by atoms with Gasteiger partial charge in [0.15, 0.2) is 0 Å². The van der Waals surface area contributed by atoms with Crippen LogP contribution >= 0.6 is 0 Å². The van der Waals surface area contributed by atoms with E-state index in [1.807, 2.05) is 36.4 Å². The molecule has 1 spiro atoms. The lowest BCUT2D eigenvalue weighted by atomic mass is 10.1. The van der Waals surface area contributed by atoms with Crippen LogP contribution < -0.4 is 4.74 Å². The van der Waals surface area contributed by atoms with Crippen molar-refractivity contribution in [3.8, 4) is 5.75 Å². The van der Waals surface area contributed by atoms with Gasteiger partial charge in [0.1, 0.15) is 12.0 Å². The summed E-state index contributed by atoms with van der Waals surface area (Å²) in [6.45, 7) is 0. The van der Waals surface area contributed by atoms with Crippen LogP contribution in [-0.2, 0) is 4.74 Å². The number of aliphatic imine (C=N–C) groups is 1. The van der Waals surface area contributed by atoms with Crippen LogP contribution in [0.5, 0.6) is 5.75 Å². The average Bonchev–Trinajstić information content (AvgIpc) is 2.30. The maximum absolute atomic E-state index is 5.75. The minimum absolute atomic E-state index is 0.807. The Kier molecular flexibility index (Phi) is 1.65. The summed E-state index contributed by atoms with van der Waals surface area (Å²) in [5.41, 5.74) is 1.05. The van der Waals surface area contributed by atoms with Crippen LogP contribution in [0.3, 0.4) is 0 Å². The first-order valence-electron chi connectivity index (χ1n) is 4.72. The van der Waals surface area contributed by atoms with Gasteiger partial charge in [-0.3, -0.25) is 4.99 Å². The minimum Gasteiger partial charge on any atom is -0.450 e. The predicted octanol–water partition coefficient (Wildman–Crippen LogP) is 2.36. The van der Waals surface area contributed by atoms with Gasteiger partial charge in [-0.25, -0.2) is 0 Å². The monoisotopic (exact) mass is 199 g/mol. The van der Waals surface area contributed by atoms with Crippen LogP contribution in [-0.4, -0.2) is 12.0 Å². The summed E-state index contributed by atoms with van der Waals surface area (Å²) in [4.78, 5) is 4.02. The van der Waals surface area contributed by atoms with Crippen molar-refractivity contribution >= 4 is 12.3 Å². The molecule has 2 aliphatic heterocycles. The van der Waals surface area contributed by atoms with E-state index in [1.165, 1.54) is 6.26 Å². The second kappa shape index (κ2) is 2.98. The van der Waals surface area contributed by atoms with Crippen molar-refractivity contribution in [1.29, 1.82) is 0 Å². The molecule has 0 radical (unpaired) electrons. The van der Waals surface area contributed by atoms with E-state index in [4.69, 9.17) is 9.47 Å². The number of fused-ring (bicyclic) bond motifs is 1. The molecule has 3 nitrogen and oxygen atoms in total. The molecule has 0 unspecified atom stereocenters. The van der Waals surface area contributed by atoms with Crippen molar-refractivity contribution < 1.29 is 9.47 Å². The van der Waals surface area contributed by atoms with Crippen molar-refractivity contribution in [3.63, 3.8) is 0 Å². The van der Waals surface area contributed by atoms with Gasteiger partial charge in [-0.15, -0.1) is 0 Å². The van der Waals surface area contributed by atoms with E-state index < -0.39 is 5.79 Å². The molecule has 0 saturated carbocycles. The molecule has 2 heterocycles. The molecule has 1 aromatic rings. The van der Waals surface area contributed by atoms with Crippen LogP contribution in [0.1, 0.15) is 5.56 Å². The lowest BCUT2D eigenvalue weighted by molar-refractivity contribution is -0.0441. The Labute approximate surface area is 87.4 Å². The highest BCUT2D eigenvalue weighted by atomic mass is 16.7. The van der Waals surface area contributed by atoms with Crippen molar-refractivity contribution in [2.24, 2.45) is 4.99 Å². The summed E-state index contributed by atoms with van der Waals surface area (Å²) >= 11 is 0. The van der Waals surface area contributed by atoms with E-state index in [9.17, 15) is 0 Å². The van der Waals surface area contributed by atoms with E-state index in [0.29, 0.717) is 0 Å². The van der Waals surface area contributed by atoms with Crippen LogP contribution in [0, 0.1) is 0 Å². The minimum atomic E-state index is -0.858. The molecule has 3 rings (SSSR count). The highest BCUT2D eigenvalue weighted by Gasteiger charge is 2.33. The SMILES string of the molecule is C1=CO[C@@]2(C=Cc3ccccc3O2)C=N1. The first-order valence-corrected chi connectivity index (χ1v) is 4.72. The van der Waals surface area contributed by atoms with E-state index in [1.54, 1.807) is 12.4 Å². The Morgan fingerprint density at radius 2 is 2.13 bits per heavy atom. The number of nitrogens with zero attached hydrogens (tertiary/aromatic N) is 1. The number of rotatable bonds is 0. The summed E-state index contributed by atoms with van der Waals surface area (Å²) in [7, 11) is 0. The maximum Gasteiger partial charge on any atom is 0.308 e. The van der Waals surface area contributed by atoms with Gasteiger partial charge < -0.3 is 9.47 Å². The summed E-state index contributed by atoms with van der Waals surface area (Å²) < 4.78 is 11.2. The van der Waals surface area contributed by atoms with Gasteiger partial charge in [0, 0.05) is 11.6 Å². The molecule has 15 heavy (non-hydrogen) atoms. The lowest BCUT2D eigenvalue weighted by Crippen LogP contribution is -2.39. The van der Waals surface area contributed by atoms with Gasteiger partial charge in [0.25, 0.3) is 0 Å². The third kappa shape index (κ3) is 1.32. The second-order valence-corrected chi connectivity index (χ2v) is 3.38. The van der Waals surface area contributed by atoms with E-state index in [0.717, 1.165) is 11.3 Å². The summed E-state index contributed by atoms with van der Waals surface area (Å²) in [5, 5.41) is 0. The van der Waals surface area contributed by atoms with Gasteiger partial charge in [-0.05, 0) is 12.1 Å². The number of benzene rings is 1. The molecular formula is C12H9NO2. The summed E-state index contributed by atoms with van der Waals surface area (Å²) in [6.07, 6.45) is 8.58. The summed E-state index contributed by atoms with van der Waals surface area (Å²) in [5.74, 6) is -0.0509. The second-order valence-electron chi connectivity index (χ2n) is 3.38. The number of para-hydroxylation sites is 1. The van der Waals surface area contributed by atoms with E-state index in [2.05, 4.69) is 4.99 Å². The van der Waals surface area contributed by atoms with Crippen molar-refractivity contribution in [1.82, 2.24) is 0 Å². The molecule has 3 heteroatoms. The molecule has 1 aromatic carbocycles. The van der Waals surface area contributed by atoms with E-state index in [-0.39, 0.29) is 0 Å². The van der Waals surface area contributed by atoms with Gasteiger partial charge in [-0.2, -0.15) is 0 Å². The fourth-order valence-electron chi connectivity index (χ4n) is 1.60. The van der Waals surface area contributed by atoms with E-state index >= 15 is 0 Å². The molecule has 0 aliphatic carbocycles. The topological polar surface area (TPSA) is 30.8 Å². The quantitative estimate of drug-likeness (QED) is 0.642. The van der Waals surface area contributed by atoms with Crippen molar-refractivity contribution in [3.05, 3.63) is 48.4 Å². The third-order valence-electron chi connectivity index (χ3n) is 2.34. The first kappa shape index (κ1) is 8.29. The molecule has 0 saturated heterocycles. The average molecular weight is 199 g/mol. The van der Waals surface area contributed by atoms with Crippen molar-refractivity contribution in [2.45, 2.75) is 5.79 Å². The van der Waals surface area contributed by atoms with Crippen molar-refractivity contribution in [2.75, 3.05) is 0 Å². The number of hydrogen-bond acceptors (Lipinski definition) is 3. The highest BCUT2D eigenvalue weighted by molar-refractivity contribution is 5.77. The Bertz CT molecular complexity index is 476. The number of ether oxygens (including phenoxy) is 2. The van der Waals surface area contributed by atoms with Crippen LogP contribution in [0.15, 0.2) is 47.8 Å². The molecule has 0 aromatic heterocycles. The zero-order chi connectivity index (χ0) is 10.1. The molecule has 0 fully saturated rings. The first-order chi connectivity index (χ1) is 7.38. The Morgan fingerprint density at radius 3 is 3.00 bits per heavy atom. The lowest BCUT2D eigenvalue weighted by Gasteiger charge is -2.31. The van der Waals surface area contributed by atoms with Gasteiger partial charge in [0.2, 0.25) is 0 Å². The molecular weight excluding hydrogens is 190 g/mol. The van der Waals surface area contributed by atoms with Gasteiger partial charge in [0.05, 0.1) is 12.4 Å². The largest absolute Gasteiger partial charge is 0.450 e. The van der Waals surface area contributed by atoms with Crippen LogP contribution in [0.25, 0.3) is 6.08 Å². The fraction of sp³-hybridized carbons (Fsp3) is 0.0833. The molecule has 0 bridgehead atoms. The highest BCUT2D eigenvalue weighted by Crippen LogP contribution is 2.31. The molecule has 2 aliphatic rings. The van der Waals surface area contributed by atoms with Gasteiger partial charge >= 0.3 is 5.79 Å².